The number of carbonyl (C=O) groups is 2. The number of nitrogens with one attached hydrogen (secondary N) is 2. The van der Waals surface area contributed by atoms with E-state index in [-0.39, 0.29) is 29.9 Å². The minimum atomic E-state index is -1.14. The number of methoxy groups -OCH3 is 2. The third-order valence-electron chi connectivity index (χ3n) is 8.06. The monoisotopic (exact) mass is 624 g/mol. The molecule has 10 heteroatoms. The number of carboxylic acid groups (broad SMARTS) is 1. The van der Waals surface area contributed by atoms with Crippen molar-refractivity contribution in [3.63, 3.8) is 0 Å². The van der Waals surface area contributed by atoms with Gasteiger partial charge in [-0.3, -0.25) is 4.79 Å². The molecule has 3 atom stereocenters. The Morgan fingerprint density at radius 1 is 1.00 bits per heavy atom. The van der Waals surface area contributed by atoms with Crippen LogP contribution in [0.1, 0.15) is 56.0 Å². The first-order valence-corrected chi connectivity index (χ1v) is 15.2. The zero-order chi connectivity index (χ0) is 31.8. The maximum atomic E-state index is 12.8. The van der Waals surface area contributed by atoms with E-state index in [2.05, 4.69) is 31.4 Å². The maximum absolute atomic E-state index is 12.8. The van der Waals surface area contributed by atoms with Crippen LogP contribution in [0.15, 0.2) is 54.6 Å². The zero-order valence-electron chi connectivity index (χ0n) is 25.8. The molecule has 3 unspecified atom stereocenters. The van der Waals surface area contributed by atoms with Crippen LogP contribution in [-0.2, 0) is 16.1 Å². The van der Waals surface area contributed by atoms with Gasteiger partial charge < -0.3 is 34.7 Å². The minimum absolute atomic E-state index is 0.0153. The molecule has 0 bridgehead atoms. The number of aromatic carboxylic acids is 1. The highest BCUT2D eigenvalue weighted by Crippen LogP contribution is 2.39. The van der Waals surface area contributed by atoms with Crippen molar-refractivity contribution in [1.29, 1.82) is 0 Å². The molecule has 1 saturated carbocycles. The number of carbonyl (C=O) groups excluding carboxylic acids is 1. The largest absolute Gasteiger partial charge is 0.494 e. The van der Waals surface area contributed by atoms with E-state index in [9.17, 15) is 14.7 Å². The van der Waals surface area contributed by atoms with E-state index in [1.54, 1.807) is 25.3 Å². The van der Waals surface area contributed by atoms with Crippen LogP contribution in [0.2, 0.25) is 5.02 Å². The third kappa shape index (κ3) is 8.15. The van der Waals surface area contributed by atoms with Crippen LogP contribution in [-0.4, -0.2) is 43.9 Å². The van der Waals surface area contributed by atoms with Crippen LogP contribution in [0.3, 0.4) is 0 Å². The van der Waals surface area contributed by atoms with Gasteiger partial charge in [-0.1, -0.05) is 57.3 Å². The van der Waals surface area contributed by atoms with Crippen LogP contribution in [0, 0.1) is 17.8 Å². The summed E-state index contributed by atoms with van der Waals surface area (Å²) in [6.07, 6.45) is 3.38. The molecule has 0 radical (unpaired) electrons. The summed E-state index contributed by atoms with van der Waals surface area (Å²) in [5.74, 6) is 1.52. The molecule has 236 valence electrons. The zero-order valence-corrected chi connectivity index (χ0v) is 26.6. The Kier molecular flexibility index (Phi) is 11.4. The normalized spacial score (nSPS) is 18.0. The summed E-state index contributed by atoms with van der Waals surface area (Å²) in [6.45, 7) is 7.02. The molecule has 44 heavy (non-hydrogen) atoms. The molecule has 4 rings (SSSR count). The highest BCUT2D eigenvalue weighted by atomic mass is 35.5. The van der Waals surface area contributed by atoms with E-state index < -0.39 is 5.97 Å². The van der Waals surface area contributed by atoms with Crippen LogP contribution < -0.4 is 24.8 Å². The lowest BCUT2D eigenvalue weighted by atomic mass is 9.72. The lowest BCUT2D eigenvalue weighted by Crippen LogP contribution is -2.38. The van der Waals surface area contributed by atoms with E-state index in [0.717, 1.165) is 18.5 Å². The Balaban J connectivity index is 1.44. The molecular formula is C34H41ClN2O7. The average molecular weight is 625 g/mol. The second-order valence-corrected chi connectivity index (χ2v) is 11.8. The standard InChI is InChI=1S/C34H41ClN2O7/c1-20(2)32-21(3)8-6-10-27(32)43-19-31(38)37-26-15-13-24(17-30(26)42-5)36-18-22-9-7-11-28(41-4)33(22)44-29-16-23(35)12-14-25(29)34(39)40/h7,9,11-17,20-21,27,32,36H,6,8,10,18-19H2,1-5H3,(H,37,38)(H,39,40). The van der Waals surface area contributed by atoms with E-state index in [1.165, 1.54) is 31.7 Å². The Morgan fingerprint density at radius 2 is 1.77 bits per heavy atom. The van der Waals surface area contributed by atoms with Gasteiger partial charge in [0.15, 0.2) is 11.5 Å². The molecule has 3 aromatic carbocycles. The Labute approximate surface area is 263 Å². The summed E-state index contributed by atoms with van der Waals surface area (Å²) in [4.78, 5) is 24.6. The number of para-hydroxylation sites is 1. The van der Waals surface area contributed by atoms with Crippen molar-refractivity contribution < 1.29 is 33.6 Å². The van der Waals surface area contributed by atoms with Crippen LogP contribution in [0.4, 0.5) is 11.4 Å². The van der Waals surface area contributed by atoms with Gasteiger partial charge in [-0.15, -0.1) is 0 Å². The molecule has 0 saturated heterocycles. The predicted molar refractivity (Wildman–Crippen MR) is 172 cm³/mol. The Hall–Kier alpha value is -3.95. The van der Waals surface area contributed by atoms with Gasteiger partial charge in [0.2, 0.25) is 5.91 Å². The number of amides is 1. The van der Waals surface area contributed by atoms with Crippen molar-refractivity contribution in [3.05, 3.63) is 70.7 Å². The van der Waals surface area contributed by atoms with Crippen molar-refractivity contribution in [2.75, 3.05) is 31.5 Å². The van der Waals surface area contributed by atoms with Gasteiger partial charge in [0, 0.05) is 35.0 Å². The predicted octanol–water partition coefficient (Wildman–Crippen LogP) is 7.88. The first kappa shape index (κ1) is 33.0. The summed E-state index contributed by atoms with van der Waals surface area (Å²) in [7, 11) is 3.05. The second kappa shape index (κ2) is 15.2. The molecule has 1 fully saturated rings. The van der Waals surface area contributed by atoms with Crippen LogP contribution in [0.25, 0.3) is 0 Å². The van der Waals surface area contributed by atoms with Gasteiger partial charge in [0.25, 0.3) is 0 Å². The number of rotatable bonds is 13. The number of carboxylic acids is 1. The number of benzene rings is 3. The molecule has 1 aliphatic rings. The van der Waals surface area contributed by atoms with Crippen molar-refractivity contribution in [2.24, 2.45) is 17.8 Å². The molecule has 1 amide bonds. The highest BCUT2D eigenvalue weighted by molar-refractivity contribution is 6.30. The molecule has 3 aromatic rings. The third-order valence-corrected chi connectivity index (χ3v) is 8.29. The number of anilines is 2. The summed E-state index contributed by atoms with van der Waals surface area (Å²) in [5, 5.41) is 16.2. The van der Waals surface area contributed by atoms with Crippen molar-refractivity contribution >= 4 is 34.9 Å². The van der Waals surface area contributed by atoms with Gasteiger partial charge in [-0.25, -0.2) is 4.79 Å². The molecule has 0 aliphatic heterocycles. The number of ether oxygens (including phenoxy) is 4. The van der Waals surface area contributed by atoms with Crippen molar-refractivity contribution in [2.45, 2.75) is 52.7 Å². The fourth-order valence-electron chi connectivity index (χ4n) is 5.99. The van der Waals surface area contributed by atoms with Gasteiger partial charge >= 0.3 is 5.97 Å². The van der Waals surface area contributed by atoms with E-state index in [0.29, 0.717) is 57.8 Å². The lowest BCUT2D eigenvalue weighted by molar-refractivity contribution is -0.126. The molecule has 9 nitrogen and oxygen atoms in total. The summed E-state index contributed by atoms with van der Waals surface area (Å²) in [6, 6.07) is 15.1. The van der Waals surface area contributed by atoms with Crippen molar-refractivity contribution in [3.8, 4) is 23.0 Å². The molecule has 0 heterocycles. The van der Waals surface area contributed by atoms with Crippen molar-refractivity contribution in [1.82, 2.24) is 0 Å². The van der Waals surface area contributed by atoms with Gasteiger partial charge in [-0.05, 0) is 54.5 Å². The fraction of sp³-hybridized carbons (Fsp3) is 0.412. The van der Waals surface area contributed by atoms with E-state index >= 15 is 0 Å². The smallest absolute Gasteiger partial charge is 0.339 e. The topological polar surface area (TPSA) is 115 Å². The molecule has 1 aliphatic carbocycles. The average Bonchev–Trinajstić information content (AvgIpc) is 2.99. The minimum Gasteiger partial charge on any atom is -0.494 e. The fourth-order valence-corrected chi connectivity index (χ4v) is 6.15. The number of halogens is 1. The molecule has 3 N–H and O–H groups in total. The quantitative estimate of drug-likeness (QED) is 0.176. The molecular weight excluding hydrogens is 584 g/mol. The van der Waals surface area contributed by atoms with E-state index in [4.69, 9.17) is 30.5 Å². The Bertz CT molecular complexity index is 1460. The number of hydrogen-bond acceptors (Lipinski definition) is 7. The van der Waals surface area contributed by atoms with Gasteiger partial charge in [0.05, 0.1) is 26.0 Å². The van der Waals surface area contributed by atoms with Gasteiger partial charge in [0.1, 0.15) is 23.7 Å². The summed E-state index contributed by atoms with van der Waals surface area (Å²) < 4.78 is 23.3. The summed E-state index contributed by atoms with van der Waals surface area (Å²) in [5.41, 5.74) is 1.96. The first-order chi connectivity index (χ1) is 21.1. The van der Waals surface area contributed by atoms with Gasteiger partial charge in [-0.2, -0.15) is 0 Å². The lowest BCUT2D eigenvalue weighted by Gasteiger charge is -2.38. The second-order valence-electron chi connectivity index (χ2n) is 11.4. The van der Waals surface area contributed by atoms with E-state index in [1.807, 2.05) is 18.2 Å². The van der Waals surface area contributed by atoms with Crippen LogP contribution >= 0.6 is 11.6 Å². The summed E-state index contributed by atoms with van der Waals surface area (Å²) >= 11 is 6.13. The maximum Gasteiger partial charge on any atom is 0.339 e. The number of hydrogen-bond donors (Lipinski definition) is 3. The Morgan fingerprint density at radius 3 is 2.48 bits per heavy atom. The first-order valence-electron chi connectivity index (χ1n) is 14.8. The SMILES string of the molecule is COc1cc(NCc2cccc(OC)c2Oc2cc(Cl)ccc2C(=O)O)ccc1NC(=O)COC1CCCC(C)C1C(C)C. The molecule has 0 spiro atoms. The van der Waals surface area contributed by atoms with Crippen LogP contribution in [0.5, 0.6) is 23.0 Å². The highest BCUT2D eigenvalue weighted by Gasteiger charge is 2.33. The molecule has 0 aromatic heterocycles.